The number of nitrogens with one attached hydrogen (secondary N) is 1. The van der Waals surface area contributed by atoms with Crippen molar-refractivity contribution in [3.05, 3.63) is 48.0 Å². The second-order valence-electron chi connectivity index (χ2n) is 8.43. The summed E-state index contributed by atoms with van der Waals surface area (Å²) in [5, 5.41) is 5.46. The highest BCUT2D eigenvalue weighted by atomic mass is 35.5. The van der Waals surface area contributed by atoms with Crippen molar-refractivity contribution in [2.24, 2.45) is 17.6 Å². The fourth-order valence-electron chi connectivity index (χ4n) is 4.89. The van der Waals surface area contributed by atoms with Crippen LogP contribution < -0.4 is 11.1 Å². The van der Waals surface area contributed by atoms with Gasteiger partial charge in [-0.25, -0.2) is 0 Å². The summed E-state index contributed by atoms with van der Waals surface area (Å²) in [6.07, 6.45) is 5.78. The lowest BCUT2D eigenvalue weighted by molar-refractivity contribution is -0.143. The molecule has 1 aliphatic carbocycles. The Kier molecular flexibility index (Phi) is 7.73. The first kappa shape index (κ1) is 22.6. The largest absolute Gasteiger partial charge is 0.348 e. The normalized spacial score (nSPS) is 22.4. The van der Waals surface area contributed by atoms with E-state index in [4.69, 9.17) is 5.73 Å². The van der Waals surface area contributed by atoms with Gasteiger partial charge in [0.25, 0.3) is 0 Å². The van der Waals surface area contributed by atoms with E-state index in [2.05, 4.69) is 29.6 Å². The highest BCUT2D eigenvalue weighted by molar-refractivity contribution is 5.88. The average Bonchev–Trinajstić information content (AvgIpc) is 3.31. The van der Waals surface area contributed by atoms with Gasteiger partial charge in [0.1, 0.15) is 0 Å². The number of hydrogen-bond acceptors (Lipinski definition) is 3. The lowest BCUT2D eigenvalue weighted by Gasteiger charge is -2.33. The number of halogens is 1. The minimum Gasteiger partial charge on any atom is -0.348 e. The lowest BCUT2D eigenvalue weighted by atomic mass is 9.77. The SMILES string of the molecule is Cl.NCC(NC(=O)C1CCCCC1C(=O)N1CCCC1)c1ccc2ccccc2c1. The average molecular weight is 430 g/mol. The summed E-state index contributed by atoms with van der Waals surface area (Å²) < 4.78 is 0. The predicted octanol–water partition coefficient (Wildman–Crippen LogP) is 3.81. The summed E-state index contributed by atoms with van der Waals surface area (Å²) in [5.74, 6) is -0.272. The molecule has 30 heavy (non-hydrogen) atoms. The number of fused-ring (bicyclic) bond motifs is 1. The van der Waals surface area contributed by atoms with Crippen LogP contribution >= 0.6 is 12.4 Å². The van der Waals surface area contributed by atoms with Crippen LogP contribution in [0.5, 0.6) is 0 Å². The third-order valence-electron chi connectivity index (χ3n) is 6.57. The van der Waals surface area contributed by atoms with Crippen molar-refractivity contribution in [3.63, 3.8) is 0 Å². The number of nitrogens with two attached hydrogens (primary N) is 1. The molecule has 0 bridgehead atoms. The van der Waals surface area contributed by atoms with Crippen LogP contribution in [0.1, 0.15) is 50.1 Å². The van der Waals surface area contributed by atoms with Crippen molar-refractivity contribution in [2.75, 3.05) is 19.6 Å². The van der Waals surface area contributed by atoms with Crippen LogP contribution in [0.25, 0.3) is 10.8 Å². The summed E-state index contributed by atoms with van der Waals surface area (Å²) in [6.45, 7) is 2.01. The molecule has 6 heteroatoms. The van der Waals surface area contributed by atoms with Gasteiger partial charge in [-0.15, -0.1) is 12.4 Å². The maximum absolute atomic E-state index is 13.2. The van der Waals surface area contributed by atoms with Gasteiger partial charge in [0.05, 0.1) is 6.04 Å². The molecule has 2 amide bonds. The first-order valence-electron chi connectivity index (χ1n) is 11.0. The summed E-state index contributed by atoms with van der Waals surface area (Å²) >= 11 is 0. The van der Waals surface area contributed by atoms with Crippen molar-refractivity contribution in [1.29, 1.82) is 0 Å². The van der Waals surface area contributed by atoms with E-state index in [1.807, 2.05) is 23.1 Å². The molecule has 1 heterocycles. The fourth-order valence-corrected chi connectivity index (χ4v) is 4.89. The zero-order valence-electron chi connectivity index (χ0n) is 17.4. The molecule has 1 saturated heterocycles. The molecule has 2 aromatic rings. The molecule has 0 aromatic heterocycles. The van der Waals surface area contributed by atoms with Crippen LogP contribution in [0, 0.1) is 11.8 Å². The van der Waals surface area contributed by atoms with Gasteiger partial charge in [0.15, 0.2) is 0 Å². The molecule has 0 spiro atoms. The highest BCUT2D eigenvalue weighted by Crippen LogP contribution is 2.33. The van der Waals surface area contributed by atoms with Crippen molar-refractivity contribution >= 4 is 35.0 Å². The first-order valence-corrected chi connectivity index (χ1v) is 11.0. The van der Waals surface area contributed by atoms with Gasteiger partial charge < -0.3 is 16.0 Å². The maximum Gasteiger partial charge on any atom is 0.226 e. The number of likely N-dealkylation sites (tertiary alicyclic amines) is 1. The van der Waals surface area contributed by atoms with Gasteiger partial charge in [0.2, 0.25) is 11.8 Å². The number of hydrogen-bond donors (Lipinski definition) is 2. The Morgan fingerprint density at radius 2 is 1.63 bits per heavy atom. The zero-order chi connectivity index (χ0) is 20.2. The topological polar surface area (TPSA) is 75.4 Å². The molecule has 2 fully saturated rings. The molecule has 3 atom stereocenters. The van der Waals surface area contributed by atoms with Gasteiger partial charge in [-0.3, -0.25) is 9.59 Å². The number of nitrogens with zero attached hydrogens (tertiary/aromatic N) is 1. The Hall–Kier alpha value is -2.11. The molecular formula is C24H32ClN3O2. The number of rotatable bonds is 5. The fraction of sp³-hybridized carbons (Fsp3) is 0.500. The number of benzene rings is 2. The van der Waals surface area contributed by atoms with Gasteiger partial charge >= 0.3 is 0 Å². The van der Waals surface area contributed by atoms with Crippen LogP contribution in [0.2, 0.25) is 0 Å². The second-order valence-corrected chi connectivity index (χ2v) is 8.43. The van der Waals surface area contributed by atoms with Crippen molar-refractivity contribution < 1.29 is 9.59 Å². The predicted molar refractivity (Wildman–Crippen MR) is 122 cm³/mol. The van der Waals surface area contributed by atoms with Gasteiger partial charge in [-0.05, 0) is 48.1 Å². The quantitative estimate of drug-likeness (QED) is 0.758. The molecule has 5 nitrogen and oxygen atoms in total. The minimum absolute atomic E-state index is 0. The molecular weight excluding hydrogens is 398 g/mol. The van der Waals surface area contributed by atoms with Crippen molar-refractivity contribution in [2.45, 2.75) is 44.6 Å². The number of carbonyl (C=O) groups is 2. The molecule has 4 rings (SSSR count). The second kappa shape index (κ2) is 10.3. The van der Waals surface area contributed by atoms with E-state index in [1.54, 1.807) is 0 Å². The van der Waals surface area contributed by atoms with Crippen LogP contribution in [0.15, 0.2) is 42.5 Å². The van der Waals surface area contributed by atoms with E-state index in [0.29, 0.717) is 6.54 Å². The Balaban J connectivity index is 0.00000256. The number of amides is 2. The number of carbonyl (C=O) groups excluding carboxylic acids is 2. The summed E-state index contributed by atoms with van der Waals surface area (Å²) in [5.41, 5.74) is 7.04. The summed E-state index contributed by atoms with van der Waals surface area (Å²) in [6, 6.07) is 14.1. The lowest BCUT2D eigenvalue weighted by Crippen LogP contribution is -2.46. The van der Waals surface area contributed by atoms with Crippen molar-refractivity contribution in [1.82, 2.24) is 10.2 Å². The van der Waals surface area contributed by atoms with E-state index >= 15 is 0 Å². The van der Waals surface area contributed by atoms with Gasteiger partial charge in [-0.1, -0.05) is 49.2 Å². The van der Waals surface area contributed by atoms with Gasteiger partial charge in [-0.2, -0.15) is 0 Å². The molecule has 0 radical (unpaired) electrons. The third kappa shape index (κ3) is 4.79. The van der Waals surface area contributed by atoms with Crippen LogP contribution in [-0.4, -0.2) is 36.3 Å². The van der Waals surface area contributed by atoms with E-state index in [0.717, 1.165) is 62.6 Å². The van der Waals surface area contributed by atoms with Crippen LogP contribution in [-0.2, 0) is 9.59 Å². The van der Waals surface area contributed by atoms with Gasteiger partial charge in [0, 0.05) is 31.5 Å². The molecule has 1 saturated carbocycles. The smallest absolute Gasteiger partial charge is 0.226 e. The molecule has 162 valence electrons. The maximum atomic E-state index is 13.2. The van der Waals surface area contributed by atoms with Crippen LogP contribution in [0.4, 0.5) is 0 Å². The molecule has 2 aliphatic rings. The third-order valence-corrected chi connectivity index (χ3v) is 6.57. The standard InChI is InChI=1S/C24H31N3O2.ClH/c25-16-22(19-12-11-17-7-1-2-8-18(17)15-19)26-23(28)20-9-3-4-10-21(20)24(29)27-13-5-6-14-27;/h1-2,7-8,11-12,15,20-22H,3-6,9-10,13-14,16,25H2,(H,26,28);1H. The monoisotopic (exact) mass is 429 g/mol. The Labute approximate surface area is 184 Å². The Bertz CT molecular complexity index is 882. The van der Waals surface area contributed by atoms with E-state index < -0.39 is 0 Å². The van der Waals surface area contributed by atoms with Crippen LogP contribution in [0.3, 0.4) is 0 Å². The zero-order valence-corrected chi connectivity index (χ0v) is 18.2. The molecule has 2 aromatic carbocycles. The first-order chi connectivity index (χ1) is 14.2. The highest BCUT2D eigenvalue weighted by Gasteiger charge is 2.38. The van der Waals surface area contributed by atoms with E-state index in [9.17, 15) is 9.59 Å². The molecule has 1 aliphatic heterocycles. The minimum atomic E-state index is -0.244. The van der Waals surface area contributed by atoms with E-state index in [-0.39, 0.29) is 42.1 Å². The summed E-state index contributed by atoms with van der Waals surface area (Å²) in [7, 11) is 0. The van der Waals surface area contributed by atoms with Crippen molar-refractivity contribution in [3.8, 4) is 0 Å². The Morgan fingerprint density at radius 3 is 2.33 bits per heavy atom. The molecule has 3 N–H and O–H groups in total. The molecule has 3 unspecified atom stereocenters. The Morgan fingerprint density at radius 1 is 0.967 bits per heavy atom. The summed E-state index contributed by atoms with van der Waals surface area (Å²) in [4.78, 5) is 28.2. The van der Waals surface area contributed by atoms with E-state index in [1.165, 1.54) is 5.39 Å².